The van der Waals surface area contributed by atoms with Gasteiger partial charge in [0, 0.05) is 29.8 Å². The number of aliphatic hydroxyl groups excluding tert-OH is 1. The molecule has 0 amide bonds. The van der Waals surface area contributed by atoms with E-state index in [9.17, 15) is 14.7 Å². The fraction of sp³-hybridized carbons (Fsp3) is 0.778. The number of Topliss-reactive ketones (excluding diaryl/α,β-unsaturated/α-hetero) is 1. The molecule has 4 fully saturated rings. The summed E-state index contributed by atoms with van der Waals surface area (Å²) in [6.45, 7) is 9.13. The summed E-state index contributed by atoms with van der Waals surface area (Å²) in [6, 6.07) is 0. The van der Waals surface area contributed by atoms with Crippen LogP contribution in [0.15, 0.2) is 23.8 Å². The van der Waals surface area contributed by atoms with E-state index in [4.69, 9.17) is 14.2 Å². The Labute approximate surface area is 205 Å². The molecule has 1 spiro atoms. The summed E-state index contributed by atoms with van der Waals surface area (Å²) >= 11 is 0. The van der Waals surface area contributed by atoms with Crippen LogP contribution in [0.1, 0.15) is 60.3 Å². The predicted octanol–water partition coefficient (Wildman–Crippen LogP) is 4.01. The highest BCUT2D eigenvalue weighted by atomic mass is 19.1. The van der Waals surface area contributed by atoms with Crippen LogP contribution in [0.25, 0.3) is 0 Å². The fourth-order valence-corrected chi connectivity index (χ4v) is 8.52. The van der Waals surface area contributed by atoms with E-state index >= 15 is 8.78 Å². The molecular formula is C27H36F2O6. The first-order valence-corrected chi connectivity index (χ1v) is 12.8. The van der Waals surface area contributed by atoms with E-state index in [0.717, 1.165) is 0 Å². The zero-order valence-electron chi connectivity index (χ0n) is 21.1. The number of hydrogen-bond acceptors (Lipinski definition) is 6. The first-order valence-electron chi connectivity index (χ1n) is 12.8. The van der Waals surface area contributed by atoms with Crippen molar-refractivity contribution in [3.8, 4) is 0 Å². The van der Waals surface area contributed by atoms with Gasteiger partial charge >= 0.3 is 0 Å². The average Bonchev–Trinajstić information content (AvgIpc) is 3.02. The Kier molecular flexibility index (Phi) is 5.58. The minimum Gasteiger partial charge on any atom is -0.390 e. The third-order valence-corrected chi connectivity index (χ3v) is 10.1. The molecule has 35 heavy (non-hydrogen) atoms. The Morgan fingerprint density at radius 1 is 1.20 bits per heavy atom. The summed E-state index contributed by atoms with van der Waals surface area (Å²) < 4.78 is 51.2. The van der Waals surface area contributed by atoms with Crippen molar-refractivity contribution in [3.05, 3.63) is 23.8 Å². The van der Waals surface area contributed by atoms with Crippen molar-refractivity contribution in [3.63, 3.8) is 0 Å². The minimum absolute atomic E-state index is 0.0335. The van der Waals surface area contributed by atoms with Gasteiger partial charge in [-0.2, -0.15) is 0 Å². The lowest BCUT2D eigenvalue weighted by molar-refractivity contribution is -0.435. The highest BCUT2D eigenvalue weighted by Crippen LogP contribution is 2.72. The molecule has 0 radical (unpaired) electrons. The fourth-order valence-electron chi connectivity index (χ4n) is 8.52. The second-order valence-electron chi connectivity index (χ2n) is 11.5. The quantitative estimate of drug-likeness (QED) is 0.639. The lowest BCUT2D eigenvalue weighted by atomic mass is 9.44. The van der Waals surface area contributed by atoms with Crippen molar-refractivity contribution in [1.82, 2.24) is 0 Å². The third kappa shape index (κ3) is 2.88. The number of carbonyl (C=O) groups excluding carboxylic acids is 2. The number of aliphatic hydroxyl groups is 1. The van der Waals surface area contributed by atoms with E-state index in [2.05, 4.69) is 0 Å². The van der Waals surface area contributed by atoms with E-state index in [1.54, 1.807) is 6.92 Å². The van der Waals surface area contributed by atoms with Gasteiger partial charge in [-0.25, -0.2) is 8.78 Å². The zero-order valence-corrected chi connectivity index (χ0v) is 21.1. The van der Waals surface area contributed by atoms with Gasteiger partial charge in [0.05, 0.1) is 6.10 Å². The maximum absolute atomic E-state index is 17.4. The number of hydrogen-bond donors (Lipinski definition) is 1. The molecule has 0 aromatic heterocycles. The van der Waals surface area contributed by atoms with Gasteiger partial charge in [-0.1, -0.05) is 26.8 Å². The second kappa shape index (κ2) is 7.76. The highest BCUT2D eigenvalue weighted by molar-refractivity contribution is 6.01. The average molecular weight is 495 g/mol. The van der Waals surface area contributed by atoms with Crippen LogP contribution in [0, 0.1) is 28.6 Å². The number of fused-ring (bicyclic) bond motifs is 6. The highest BCUT2D eigenvalue weighted by Gasteiger charge is 2.78. The Morgan fingerprint density at radius 3 is 2.57 bits per heavy atom. The van der Waals surface area contributed by atoms with Crippen LogP contribution in [0.4, 0.5) is 8.78 Å². The number of ketones is 2. The van der Waals surface area contributed by atoms with Crippen molar-refractivity contribution in [1.29, 1.82) is 0 Å². The first kappa shape index (κ1) is 25.2. The molecule has 1 N–H and O–H groups in total. The van der Waals surface area contributed by atoms with Crippen LogP contribution in [0.5, 0.6) is 0 Å². The van der Waals surface area contributed by atoms with Crippen molar-refractivity contribution in [2.24, 2.45) is 28.6 Å². The van der Waals surface area contributed by atoms with Crippen molar-refractivity contribution >= 4 is 11.6 Å². The molecule has 1 saturated heterocycles. The zero-order chi connectivity index (χ0) is 25.6. The van der Waals surface area contributed by atoms with Crippen LogP contribution < -0.4 is 0 Å². The SMILES string of the molecule is CCOC1(CC)OCC(=O)[C@@]2(O1)[C@@H](C)C[C@H]1[C@@H]3C[C@H](F)C4=CC(=O)C=C[C@]4(C)[C@@]3(F)[C@@H](O)C[C@@]12C. The molecule has 5 aliphatic rings. The molecule has 6 nitrogen and oxygen atoms in total. The van der Waals surface area contributed by atoms with Gasteiger partial charge in [0.1, 0.15) is 18.4 Å². The molecule has 1 aliphatic heterocycles. The molecule has 0 bridgehead atoms. The van der Waals surface area contributed by atoms with Gasteiger partial charge in [-0.05, 0) is 62.7 Å². The minimum atomic E-state index is -2.19. The molecule has 5 rings (SSSR count). The number of rotatable bonds is 3. The summed E-state index contributed by atoms with van der Waals surface area (Å²) in [6.07, 6.45) is 1.47. The molecule has 194 valence electrons. The van der Waals surface area contributed by atoms with Crippen LogP contribution in [0.3, 0.4) is 0 Å². The lowest BCUT2D eigenvalue weighted by Crippen LogP contribution is -2.73. The second-order valence-corrected chi connectivity index (χ2v) is 11.5. The normalized spacial score (nSPS) is 53.3. The summed E-state index contributed by atoms with van der Waals surface area (Å²) in [4.78, 5) is 25.6. The molecule has 4 aliphatic carbocycles. The Hall–Kier alpha value is -1.48. The smallest absolute Gasteiger partial charge is 0.284 e. The maximum Gasteiger partial charge on any atom is 0.284 e. The lowest BCUT2D eigenvalue weighted by Gasteiger charge is -2.64. The topological polar surface area (TPSA) is 82.1 Å². The van der Waals surface area contributed by atoms with Gasteiger partial charge < -0.3 is 19.3 Å². The van der Waals surface area contributed by atoms with Crippen molar-refractivity contribution < 1.29 is 37.7 Å². The maximum atomic E-state index is 17.4. The Balaban J connectivity index is 1.63. The predicted molar refractivity (Wildman–Crippen MR) is 123 cm³/mol. The first-order chi connectivity index (χ1) is 16.3. The number of halogens is 2. The molecular weight excluding hydrogens is 458 g/mol. The van der Waals surface area contributed by atoms with E-state index in [1.165, 1.54) is 18.2 Å². The van der Waals surface area contributed by atoms with Gasteiger partial charge in [0.2, 0.25) is 0 Å². The van der Waals surface area contributed by atoms with Crippen LogP contribution in [-0.2, 0) is 23.8 Å². The number of carbonyl (C=O) groups is 2. The summed E-state index contributed by atoms with van der Waals surface area (Å²) in [5.74, 6) is -3.64. The molecule has 3 saturated carbocycles. The molecule has 0 aromatic rings. The molecule has 10 atom stereocenters. The molecule has 0 aromatic carbocycles. The van der Waals surface area contributed by atoms with Crippen LogP contribution in [0.2, 0.25) is 0 Å². The van der Waals surface area contributed by atoms with E-state index < -0.39 is 52.2 Å². The summed E-state index contributed by atoms with van der Waals surface area (Å²) in [5, 5.41) is 11.5. The molecule has 1 unspecified atom stereocenters. The monoisotopic (exact) mass is 494 g/mol. The Bertz CT molecular complexity index is 1010. The summed E-state index contributed by atoms with van der Waals surface area (Å²) in [5.41, 5.74) is -5.88. The number of ether oxygens (including phenoxy) is 3. The number of allylic oxidation sites excluding steroid dienone is 4. The summed E-state index contributed by atoms with van der Waals surface area (Å²) in [7, 11) is 0. The van der Waals surface area contributed by atoms with Crippen molar-refractivity contribution in [2.75, 3.05) is 13.2 Å². The van der Waals surface area contributed by atoms with Gasteiger partial charge in [0.15, 0.2) is 17.2 Å². The van der Waals surface area contributed by atoms with Crippen LogP contribution in [-0.4, -0.2) is 59.4 Å². The van der Waals surface area contributed by atoms with Gasteiger partial charge in [0.25, 0.3) is 5.97 Å². The van der Waals surface area contributed by atoms with Gasteiger partial charge in [-0.15, -0.1) is 0 Å². The van der Waals surface area contributed by atoms with Gasteiger partial charge in [-0.3, -0.25) is 9.59 Å². The largest absolute Gasteiger partial charge is 0.390 e. The Morgan fingerprint density at radius 2 is 1.91 bits per heavy atom. The van der Waals surface area contributed by atoms with E-state index in [1.807, 2.05) is 27.7 Å². The standard InChI is InChI=1S/C27H36F2O6/c1-6-25(33-7-2)34-14-22(32)27(35-25)15(3)10-17-18-12-20(28)19-11-16(30)8-9-23(19,4)26(18,29)21(31)13-24(17,27)5/h8-9,11,15,17-18,20-21,31H,6-7,10,12-14H2,1-5H3/t15-,17-,18-,20-,21-,23-,24-,25?,26-,27-/m0/s1. The third-order valence-electron chi connectivity index (χ3n) is 10.1. The molecule has 1 heterocycles. The van der Waals surface area contributed by atoms with Crippen molar-refractivity contribution in [2.45, 2.75) is 89.8 Å². The van der Waals surface area contributed by atoms with E-state index in [-0.39, 0.29) is 42.5 Å². The van der Waals surface area contributed by atoms with Crippen LogP contribution >= 0.6 is 0 Å². The van der Waals surface area contributed by atoms with E-state index in [0.29, 0.717) is 19.4 Å². The number of alkyl halides is 2. The molecule has 8 heteroatoms.